The fraction of sp³-hybridized carbons (Fsp3) is 0.143. The third-order valence-electron chi connectivity index (χ3n) is 4.26. The van der Waals surface area contributed by atoms with Gasteiger partial charge in [0.1, 0.15) is 13.2 Å². The van der Waals surface area contributed by atoms with Crippen molar-refractivity contribution in [2.45, 2.75) is 6.54 Å². The van der Waals surface area contributed by atoms with E-state index in [1.54, 1.807) is 30.3 Å². The van der Waals surface area contributed by atoms with E-state index < -0.39 is 5.76 Å². The van der Waals surface area contributed by atoms with Gasteiger partial charge in [-0.3, -0.25) is 9.36 Å². The molecule has 8 nitrogen and oxygen atoms in total. The number of hydrogen-bond acceptors (Lipinski definition) is 6. The summed E-state index contributed by atoms with van der Waals surface area (Å²) in [6, 6.07) is 20.2. The first-order valence-electron chi connectivity index (χ1n) is 9.08. The van der Waals surface area contributed by atoms with Gasteiger partial charge >= 0.3 is 5.76 Å². The monoisotopic (exact) mass is 390 g/mol. The summed E-state index contributed by atoms with van der Waals surface area (Å²) in [5.74, 6) is -0.505. The number of carbonyl (C=O) groups excluding carboxylic acids is 1. The molecule has 0 aliphatic rings. The number of carbonyl (C=O) groups is 1. The minimum absolute atomic E-state index is 0.124. The number of benzene rings is 2. The van der Waals surface area contributed by atoms with E-state index in [9.17, 15) is 9.59 Å². The van der Waals surface area contributed by atoms with Gasteiger partial charge < -0.3 is 14.5 Å². The molecule has 29 heavy (non-hydrogen) atoms. The van der Waals surface area contributed by atoms with Crippen LogP contribution >= 0.6 is 0 Å². The van der Waals surface area contributed by atoms with Gasteiger partial charge in [-0.2, -0.15) is 0 Å². The fourth-order valence-electron chi connectivity index (χ4n) is 2.87. The van der Waals surface area contributed by atoms with E-state index in [0.717, 1.165) is 11.3 Å². The van der Waals surface area contributed by atoms with Crippen molar-refractivity contribution in [1.82, 2.24) is 20.1 Å². The molecule has 2 aromatic heterocycles. The van der Waals surface area contributed by atoms with Crippen molar-refractivity contribution in [1.29, 1.82) is 0 Å². The molecule has 1 amide bonds. The van der Waals surface area contributed by atoms with Crippen molar-refractivity contribution in [2.24, 2.45) is 0 Å². The lowest BCUT2D eigenvalue weighted by Gasteiger charge is -2.07. The van der Waals surface area contributed by atoms with E-state index in [0.29, 0.717) is 17.0 Å². The number of oxazole rings is 1. The van der Waals surface area contributed by atoms with Gasteiger partial charge in [0, 0.05) is 11.6 Å². The van der Waals surface area contributed by atoms with Crippen molar-refractivity contribution in [3.63, 3.8) is 0 Å². The molecule has 4 rings (SSSR count). The Morgan fingerprint density at radius 2 is 1.79 bits per heavy atom. The van der Waals surface area contributed by atoms with Gasteiger partial charge in [-0.25, -0.2) is 4.79 Å². The first kappa shape index (κ1) is 18.4. The van der Waals surface area contributed by atoms with E-state index in [2.05, 4.69) is 15.5 Å². The lowest BCUT2D eigenvalue weighted by molar-refractivity contribution is -0.121. The van der Waals surface area contributed by atoms with Crippen molar-refractivity contribution in [3.05, 3.63) is 77.3 Å². The van der Waals surface area contributed by atoms with Crippen LogP contribution in [0.15, 0.2) is 75.9 Å². The second-order valence-electron chi connectivity index (χ2n) is 6.24. The van der Waals surface area contributed by atoms with E-state index in [1.807, 2.05) is 36.4 Å². The van der Waals surface area contributed by atoms with E-state index in [4.69, 9.17) is 9.15 Å². The molecular weight excluding hydrogens is 372 g/mol. The topological polar surface area (TPSA) is 99.2 Å². The molecule has 0 fully saturated rings. The lowest BCUT2D eigenvalue weighted by Crippen LogP contribution is -2.33. The number of amides is 1. The fourth-order valence-corrected chi connectivity index (χ4v) is 2.87. The minimum atomic E-state index is -0.564. The molecule has 8 heteroatoms. The number of nitrogens with zero attached hydrogens (tertiary/aromatic N) is 3. The SMILES string of the molecule is O=C(Cn1c(=O)oc2ccccc21)NCCOc1ccc(-c2ccccc2)nn1. The Kier molecular flexibility index (Phi) is 5.33. The van der Waals surface area contributed by atoms with Crippen molar-refractivity contribution in [2.75, 3.05) is 13.2 Å². The largest absolute Gasteiger partial charge is 0.475 e. The first-order chi connectivity index (χ1) is 14.2. The van der Waals surface area contributed by atoms with Gasteiger partial charge in [-0.15, -0.1) is 10.2 Å². The molecule has 0 atom stereocenters. The highest BCUT2D eigenvalue weighted by Crippen LogP contribution is 2.17. The molecule has 0 aliphatic heterocycles. The summed E-state index contributed by atoms with van der Waals surface area (Å²) >= 11 is 0. The number of aromatic nitrogens is 3. The highest BCUT2D eigenvalue weighted by atomic mass is 16.5. The Hall–Kier alpha value is -3.94. The van der Waals surface area contributed by atoms with Crippen LogP contribution in [-0.4, -0.2) is 33.8 Å². The van der Waals surface area contributed by atoms with Crippen LogP contribution < -0.4 is 15.8 Å². The number of para-hydroxylation sites is 2. The van der Waals surface area contributed by atoms with Gasteiger partial charge in [0.05, 0.1) is 17.8 Å². The van der Waals surface area contributed by atoms with Gasteiger partial charge in [0.15, 0.2) is 5.58 Å². The summed E-state index contributed by atoms with van der Waals surface area (Å²) in [5, 5.41) is 10.9. The third-order valence-corrected chi connectivity index (χ3v) is 4.26. The van der Waals surface area contributed by atoms with Crippen LogP contribution in [0.5, 0.6) is 5.88 Å². The molecule has 4 aromatic rings. The van der Waals surface area contributed by atoms with Crippen molar-refractivity contribution >= 4 is 17.0 Å². The Bertz CT molecular complexity index is 1170. The molecule has 0 saturated heterocycles. The minimum Gasteiger partial charge on any atom is -0.475 e. The molecule has 0 bridgehead atoms. The normalized spacial score (nSPS) is 10.8. The molecule has 2 heterocycles. The van der Waals surface area contributed by atoms with Gasteiger partial charge in [0.25, 0.3) is 0 Å². The quantitative estimate of drug-likeness (QED) is 0.486. The van der Waals surface area contributed by atoms with Crippen LogP contribution in [0.2, 0.25) is 0 Å². The number of nitrogens with one attached hydrogen (secondary N) is 1. The van der Waals surface area contributed by atoms with Crippen LogP contribution in [-0.2, 0) is 11.3 Å². The zero-order chi connectivity index (χ0) is 20.1. The predicted molar refractivity (Wildman–Crippen MR) is 106 cm³/mol. The summed E-state index contributed by atoms with van der Waals surface area (Å²) in [4.78, 5) is 24.0. The zero-order valence-electron chi connectivity index (χ0n) is 15.4. The van der Waals surface area contributed by atoms with Crippen LogP contribution in [0.1, 0.15) is 0 Å². The zero-order valence-corrected chi connectivity index (χ0v) is 15.4. The number of rotatable bonds is 7. The molecule has 2 aromatic carbocycles. The third kappa shape index (κ3) is 4.32. The van der Waals surface area contributed by atoms with Crippen LogP contribution in [0, 0.1) is 0 Å². The Labute approximate surface area is 165 Å². The summed E-state index contributed by atoms with van der Waals surface area (Å²) in [7, 11) is 0. The lowest BCUT2D eigenvalue weighted by atomic mass is 10.1. The maximum Gasteiger partial charge on any atom is 0.420 e. The van der Waals surface area contributed by atoms with Gasteiger partial charge in [-0.05, 0) is 18.2 Å². The van der Waals surface area contributed by atoms with Crippen LogP contribution in [0.3, 0.4) is 0 Å². The second-order valence-corrected chi connectivity index (χ2v) is 6.24. The number of hydrogen-bond donors (Lipinski definition) is 1. The van der Waals surface area contributed by atoms with E-state index >= 15 is 0 Å². The average molecular weight is 390 g/mol. The maximum atomic E-state index is 12.1. The number of ether oxygens (including phenoxy) is 1. The van der Waals surface area contributed by atoms with Gasteiger partial charge in [-0.1, -0.05) is 42.5 Å². The van der Waals surface area contributed by atoms with E-state index in [-0.39, 0.29) is 25.6 Å². The second kappa shape index (κ2) is 8.39. The summed E-state index contributed by atoms with van der Waals surface area (Å²) in [6.07, 6.45) is 0. The first-order valence-corrected chi connectivity index (χ1v) is 9.08. The molecule has 0 saturated carbocycles. The molecule has 0 aliphatic carbocycles. The summed E-state index contributed by atoms with van der Waals surface area (Å²) < 4.78 is 11.9. The Balaban J connectivity index is 1.26. The van der Waals surface area contributed by atoms with Crippen molar-refractivity contribution < 1.29 is 13.9 Å². The molecule has 0 unspecified atom stereocenters. The predicted octanol–water partition coefficient (Wildman–Crippen LogP) is 2.25. The van der Waals surface area contributed by atoms with E-state index in [1.165, 1.54) is 4.57 Å². The number of fused-ring (bicyclic) bond motifs is 1. The van der Waals surface area contributed by atoms with Crippen molar-refractivity contribution in [3.8, 4) is 17.1 Å². The molecule has 0 radical (unpaired) electrons. The standard InChI is InChI=1S/C21H18N4O4/c26-19(14-25-17-8-4-5-9-18(17)29-21(25)27)22-12-13-28-20-11-10-16(23-24-20)15-6-2-1-3-7-15/h1-11H,12-14H2,(H,22,26). The smallest absolute Gasteiger partial charge is 0.420 e. The Morgan fingerprint density at radius 1 is 1.00 bits per heavy atom. The highest BCUT2D eigenvalue weighted by molar-refractivity contribution is 5.79. The summed E-state index contributed by atoms with van der Waals surface area (Å²) in [5.41, 5.74) is 2.76. The van der Waals surface area contributed by atoms with Crippen LogP contribution in [0.4, 0.5) is 0 Å². The van der Waals surface area contributed by atoms with Gasteiger partial charge in [0.2, 0.25) is 11.8 Å². The molecule has 0 spiro atoms. The summed E-state index contributed by atoms with van der Waals surface area (Å²) in [6.45, 7) is 0.374. The maximum absolute atomic E-state index is 12.1. The van der Waals surface area contributed by atoms with Crippen LogP contribution in [0.25, 0.3) is 22.4 Å². The molecular formula is C21H18N4O4. The highest BCUT2D eigenvalue weighted by Gasteiger charge is 2.12. The molecule has 1 N–H and O–H groups in total. The Morgan fingerprint density at radius 3 is 2.59 bits per heavy atom. The molecule has 146 valence electrons. The average Bonchev–Trinajstić information content (AvgIpc) is 3.07.